The minimum Gasteiger partial charge on any atom is -0.383 e. The highest BCUT2D eigenvalue weighted by atomic mass is 16.5. The Morgan fingerprint density at radius 2 is 2.12 bits per heavy atom. The van der Waals surface area contributed by atoms with E-state index in [1.54, 1.807) is 7.11 Å². The van der Waals surface area contributed by atoms with Crippen molar-refractivity contribution in [3.63, 3.8) is 0 Å². The van der Waals surface area contributed by atoms with Crippen molar-refractivity contribution >= 4 is 0 Å². The molecule has 1 fully saturated rings. The minimum atomic E-state index is 0.375. The Kier molecular flexibility index (Phi) is 5.42. The van der Waals surface area contributed by atoms with E-state index < -0.39 is 0 Å². The van der Waals surface area contributed by atoms with Gasteiger partial charge in [0.1, 0.15) is 0 Å². The van der Waals surface area contributed by atoms with Crippen LogP contribution in [0.3, 0.4) is 0 Å². The van der Waals surface area contributed by atoms with Crippen LogP contribution in [-0.4, -0.2) is 44.3 Å². The van der Waals surface area contributed by atoms with Gasteiger partial charge in [0.15, 0.2) is 0 Å². The number of rotatable bonds is 5. The molecule has 0 amide bonds. The summed E-state index contributed by atoms with van der Waals surface area (Å²) in [5.74, 6) is 0.628. The lowest BCUT2D eigenvalue weighted by Gasteiger charge is -2.41. The van der Waals surface area contributed by atoms with E-state index in [2.05, 4.69) is 32.7 Å². The van der Waals surface area contributed by atoms with Crippen LogP contribution in [0.1, 0.15) is 40.0 Å². The van der Waals surface area contributed by atoms with Crippen LogP contribution in [0.15, 0.2) is 0 Å². The normalized spacial score (nSPS) is 30.5. The van der Waals surface area contributed by atoms with Gasteiger partial charge in [-0.25, -0.2) is 0 Å². The van der Waals surface area contributed by atoms with Gasteiger partial charge in [-0.2, -0.15) is 0 Å². The van der Waals surface area contributed by atoms with E-state index in [0.29, 0.717) is 23.4 Å². The standard InChI is InChI=1S/C14H30N2O/c1-11(10-17-5)16(4)9-12-8-14(2,3)7-6-13(12)15/h11-13H,6-10,15H2,1-5H3. The Balaban J connectivity index is 2.48. The summed E-state index contributed by atoms with van der Waals surface area (Å²) in [6.45, 7) is 8.83. The van der Waals surface area contributed by atoms with Crippen molar-refractivity contribution in [3.8, 4) is 0 Å². The summed E-state index contributed by atoms with van der Waals surface area (Å²) in [6, 6.07) is 0.845. The molecule has 3 nitrogen and oxygen atoms in total. The Hall–Kier alpha value is -0.120. The van der Waals surface area contributed by atoms with Gasteiger partial charge < -0.3 is 15.4 Å². The molecule has 3 atom stereocenters. The summed E-state index contributed by atoms with van der Waals surface area (Å²) in [5.41, 5.74) is 6.73. The molecule has 2 N–H and O–H groups in total. The van der Waals surface area contributed by atoms with Gasteiger partial charge in [0.05, 0.1) is 6.61 Å². The SMILES string of the molecule is COCC(C)N(C)CC1CC(C)(C)CCC1N. The summed E-state index contributed by atoms with van der Waals surface area (Å²) in [4.78, 5) is 2.38. The summed E-state index contributed by atoms with van der Waals surface area (Å²) in [7, 11) is 3.94. The molecule has 1 rings (SSSR count). The predicted molar refractivity (Wildman–Crippen MR) is 73.1 cm³/mol. The van der Waals surface area contributed by atoms with Crippen LogP contribution in [0.2, 0.25) is 0 Å². The van der Waals surface area contributed by atoms with Crippen LogP contribution >= 0.6 is 0 Å². The molecular weight excluding hydrogens is 212 g/mol. The Labute approximate surface area is 107 Å². The van der Waals surface area contributed by atoms with Gasteiger partial charge in [-0.3, -0.25) is 0 Å². The molecular formula is C14H30N2O. The molecule has 0 saturated heterocycles. The third kappa shape index (κ3) is 4.57. The summed E-state index contributed by atoms with van der Waals surface area (Å²) in [6.07, 6.45) is 3.68. The van der Waals surface area contributed by atoms with Crippen LogP contribution in [0.4, 0.5) is 0 Å². The lowest BCUT2D eigenvalue weighted by molar-refractivity contribution is 0.0763. The highest BCUT2D eigenvalue weighted by Gasteiger charge is 2.33. The fourth-order valence-electron chi connectivity index (χ4n) is 2.87. The van der Waals surface area contributed by atoms with Crippen LogP contribution < -0.4 is 5.73 Å². The number of nitrogens with zero attached hydrogens (tertiary/aromatic N) is 1. The topological polar surface area (TPSA) is 38.5 Å². The van der Waals surface area contributed by atoms with Gasteiger partial charge in [0, 0.05) is 25.7 Å². The average molecular weight is 242 g/mol. The molecule has 1 saturated carbocycles. The molecule has 0 heterocycles. The highest BCUT2D eigenvalue weighted by molar-refractivity contribution is 4.88. The quantitative estimate of drug-likeness (QED) is 0.802. The third-order valence-corrected chi connectivity index (χ3v) is 4.26. The summed E-state index contributed by atoms with van der Waals surface area (Å²) in [5, 5.41) is 0. The molecule has 17 heavy (non-hydrogen) atoms. The van der Waals surface area contributed by atoms with Gasteiger partial charge in [0.2, 0.25) is 0 Å². The van der Waals surface area contributed by atoms with Crippen LogP contribution in [0, 0.1) is 11.3 Å². The predicted octanol–water partition coefficient (Wildman–Crippen LogP) is 2.11. The zero-order chi connectivity index (χ0) is 13.1. The number of ether oxygens (including phenoxy) is 1. The van der Waals surface area contributed by atoms with Crippen molar-refractivity contribution in [2.24, 2.45) is 17.1 Å². The van der Waals surface area contributed by atoms with E-state index >= 15 is 0 Å². The lowest BCUT2D eigenvalue weighted by Crippen LogP contribution is -2.46. The van der Waals surface area contributed by atoms with Crippen molar-refractivity contribution < 1.29 is 4.74 Å². The molecule has 0 spiro atoms. The first-order chi connectivity index (χ1) is 7.85. The van der Waals surface area contributed by atoms with E-state index in [1.807, 2.05) is 0 Å². The van der Waals surface area contributed by atoms with Gasteiger partial charge >= 0.3 is 0 Å². The maximum atomic E-state index is 6.26. The first kappa shape index (κ1) is 14.9. The van der Waals surface area contributed by atoms with Crippen molar-refractivity contribution in [2.75, 3.05) is 27.3 Å². The zero-order valence-electron chi connectivity index (χ0n) is 12.2. The first-order valence-corrected chi connectivity index (χ1v) is 6.80. The van der Waals surface area contributed by atoms with Gasteiger partial charge in [-0.1, -0.05) is 13.8 Å². The second-order valence-corrected chi connectivity index (χ2v) is 6.57. The smallest absolute Gasteiger partial charge is 0.0615 e. The van der Waals surface area contributed by atoms with Gasteiger partial charge in [-0.05, 0) is 44.6 Å². The first-order valence-electron chi connectivity index (χ1n) is 6.80. The Morgan fingerprint density at radius 1 is 1.47 bits per heavy atom. The number of hydrogen-bond donors (Lipinski definition) is 1. The highest BCUT2D eigenvalue weighted by Crippen LogP contribution is 2.38. The Bertz CT molecular complexity index is 230. The largest absolute Gasteiger partial charge is 0.383 e. The molecule has 102 valence electrons. The van der Waals surface area contributed by atoms with Crippen molar-refractivity contribution in [1.29, 1.82) is 0 Å². The molecule has 0 aliphatic heterocycles. The van der Waals surface area contributed by atoms with Crippen LogP contribution in [-0.2, 0) is 4.74 Å². The van der Waals surface area contributed by atoms with Gasteiger partial charge in [0.25, 0.3) is 0 Å². The molecule has 0 bridgehead atoms. The molecule has 3 unspecified atom stereocenters. The van der Waals surface area contributed by atoms with Crippen LogP contribution in [0.5, 0.6) is 0 Å². The lowest BCUT2D eigenvalue weighted by atomic mass is 9.70. The third-order valence-electron chi connectivity index (χ3n) is 4.26. The molecule has 0 aromatic rings. The second kappa shape index (κ2) is 6.17. The number of likely N-dealkylation sites (N-methyl/N-ethyl adjacent to an activating group) is 1. The van der Waals surface area contributed by atoms with E-state index in [9.17, 15) is 0 Å². The Morgan fingerprint density at radius 3 is 2.71 bits per heavy atom. The van der Waals surface area contributed by atoms with Crippen molar-refractivity contribution in [1.82, 2.24) is 4.90 Å². The molecule has 0 aromatic heterocycles. The molecule has 0 radical (unpaired) electrons. The van der Waals surface area contributed by atoms with Crippen LogP contribution in [0.25, 0.3) is 0 Å². The maximum absolute atomic E-state index is 6.26. The fourth-order valence-corrected chi connectivity index (χ4v) is 2.87. The average Bonchev–Trinajstić information content (AvgIpc) is 2.23. The monoisotopic (exact) mass is 242 g/mol. The number of hydrogen-bond acceptors (Lipinski definition) is 3. The van der Waals surface area contributed by atoms with E-state index in [4.69, 9.17) is 10.5 Å². The van der Waals surface area contributed by atoms with E-state index in [1.165, 1.54) is 19.3 Å². The molecule has 0 aromatic carbocycles. The molecule has 1 aliphatic rings. The van der Waals surface area contributed by atoms with Gasteiger partial charge in [-0.15, -0.1) is 0 Å². The minimum absolute atomic E-state index is 0.375. The number of nitrogens with two attached hydrogens (primary N) is 1. The number of methoxy groups -OCH3 is 1. The maximum Gasteiger partial charge on any atom is 0.0615 e. The van der Waals surface area contributed by atoms with E-state index in [-0.39, 0.29) is 0 Å². The fraction of sp³-hybridized carbons (Fsp3) is 1.00. The summed E-state index contributed by atoms with van der Waals surface area (Å²) >= 11 is 0. The van der Waals surface area contributed by atoms with E-state index in [0.717, 1.165) is 13.2 Å². The summed E-state index contributed by atoms with van der Waals surface area (Å²) < 4.78 is 5.21. The van der Waals surface area contributed by atoms with Crippen molar-refractivity contribution in [3.05, 3.63) is 0 Å². The molecule has 1 aliphatic carbocycles. The second-order valence-electron chi connectivity index (χ2n) is 6.57. The zero-order valence-corrected chi connectivity index (χ0v) is 12.2. The molecule has 3 heteroatoms. The van der Waals surface area contributed by atoms with Crippen molar-refractivity contribution in [2.45, 2.75) is 52.1 Å².